The molecule has 16 heavy (non-hydrogen) atoms. The van der Waals surface area contributed by atoms with Crippen LogP contribution in [0, 0.1) is 6.92 Å². The first-order chi connectivity index (χ1) is 7.58. The van der Waals surface area contributed by atoms with Gasteiger partial charge in [-0.25, -0.2) is 9.97 Å². The van der Waals surface area contributed by atoms with Gasteiger partial charge in [-0.3, -0.25) is 0 Å². The van der Waals surface area contributed by atoms with E-state index in [1.165, 1.54) is 0 Å². The molecule has 0 fully saturated rings. The number of thiazole rings is 1. The molecule has 0 aliphatic carbocycles. The van der Waals surface area contributed by atoms with Crippen LogP contribution in [0.3, 0.4) is 0 Å². The predicted octanol–water partition coefficient (Wildman–Crippen LogP) is 2.20. The van der Waals surface area contributed by atoms with Crippen LogP contribution in [0.15, 0.2) is 17.9 Å². The summed E-state index contributed by atoms with van der Waals surface area (Å²) in [6.45, 7) is 7.07. The van der Waals surface area contributed by atoms with Gasteiger partial charge in [-0.1, -0.05) is 0 Å². The minimum atomic E-state index is -0.107. The Hall–Kier alpha value is -1.20. The Morgan fingerprint density at radius 3 is 2.88 bits per heavy atom. The number of H-pyrrole nitrogens is 1. The fourth-order valence-electron chi connectivity index (χ4n) is 1.41. The number of aryl methyl sites for hydroxylation is 1. The molecule has 0 saturated heterocycles. The third-order valence-electron chi connectivity index (χ3n) is 2.43. The van der Waals surface area contributed by atoms with Crippen molar-refractivity contribution >= 4 is 11.3 Å². The topological polar surface area (TPSA) is 53.6 Å². The van der Waals surface area contributed by atoms with E-state index in [2.05, 4.69) is 39.5 Å². The van der Waals surface area contributed by atoms with E-state index in [0.29, 0.717) is 0 Å². The lowest BCUT2D eigenvalue weighted by molar-refractivity contribution is 0.396. The number of nitrogens with one attached hydrogen (secondary N) is 2. The Morgan fingerprint density at radius 1 is 1.50 bits per heavy atom. The highest BCUT2D eigenvalue weighted by atomic mass is 32.1. The second-order valence-corrected chi connectivity index (χ2v) is 5.21. The maximum absolute atomic E-state index is 4.51. The van der Waals surface area contributed by atoms with Crippen molar-refractivity contribution in [2.45, 2.75) is 32.9 Å². The van der Waals surface area contributed by atoms with Crippen LogP contribution in [-0.4, -0.2) is 15.0 Å². The molecule has 2 aromatic heterocycles. The molecule has 2 N–H and O–H groups in total. The van der Waals surface area contributed by atoms with E-state index < -0.39 is 0 Å². The number of rotatable bonds is 4. The Balaban J connectivity index is 2.02. The van der Waals surface area contributed by atoms with Crippen LogP contribution in [0.5, 0.6) is 0 Å². The van der Waals surface area contributed by atoms with E-state index in [-0.39, 0.29) is 5.54 Å². The molecule has 2 rings (SSSR count). The third kappa shape index (κ3) is 2.48. The summed E-state index contributed by atoms with van der Waals surface area (Å²) in [6.07, 6.45) is 3.52. The van der Waals surface area contributed by atoms with Gasteiger partial charge in [-0.05, 0) is 20.8 Å². The molecule has 0 aliphatic rings. The summed E-state index contributed by atoms with van der Waals surface area (Å²) in [4.78, 5) is 11.6. The number of imidazole rings is 1. The van der Waals surface area contributed by atoms with Crippen molar-refractivity contribution in [1.82, 2.24) is 20.3 Å². The van der Waals surface area contributed by atoms with Gasteiger partial charge < -0.3 is 10.3 Å². The lowest BCUT2D eigenvalue weighted by atomic mass is 10.1. The molecular formula is C11H16N4S. The first-order valence-electron chi connectivity index (χ1n) is 5.23. The molecule has 86 valence electrons. The average molecular weight is 236 g/mol. The molecule has 5 heteroatoms. The molecule has 0 spiro atoms. The number of hydrogen-bond acceptors (Lipinski definition) is 4. The minimum absolute atomic E-state index is 0.107. The van der Waals surface area contributed by atoms with Crippen molar-refractivity contribution in [2.24, 2.45) is 0 Å². The number of aromatic amines is 1. The lowest BCUT2D eigenvalue weighted by Crippen LogP contribution is -2.36. The van der Waals surface area contributed by atoms with E-state index in [4.69, 9.17) is 0 Å². The summed E-state index contributed by atoms with van der Waals surface area (Å²) in [7, 11) is 0. The second kappa shape index (κ2) is 4.35. The standard InChI is InChI=1S/C11H16N4S/c1-8-6-16-10(15-8)11(2,3)14-5-9-4-12-7-13-9/h4,6-7,14H,5H2,1-3H3,(H,12,13). The summed E-state index contributed by atoms with van der Waals surface area (Å²) in [5.41, 5.74) is 2.06. The quantitative estimate of drug-likeness (QED) is 0.855. The highest BCUT2D eigenvalue weighted by molar-refractivity contribution is 7.09. The SMILES string of the molecule is Cc1csc(C(C)(C)NCc2cnc[nH]2)n1. The molecule has 0 bridgehead atoms. The Kier molecular flexibility index (Phi) is 3.07. The van der Waals surface area contributed by atoms with Gasteiger partial charge in [0.15, 0.2) is 0 Å². The van der Waals surface area contributed by atoms with E-state index >= 15 is 0 Å². The molecule has 0 aromatic carbocycles. The highest BCUT2D eigenvalue weighted by Gasteiger charge is 2.23. The molecule has 0 unspecified atom stereocenters. The fourth-order valence-corrected chi connectivity index (χ4v) is 2.31. The molecule has 4 nitrogen and oxygen atoms in total. The zero-order valence-corrected chi connectivity index (χ0v) is 10.6. The largest absolute Gasteiger partial charge is 0.347 e. The normalized spacial score (nSPS) is 11.9. The van der Waals surface area contributed by atoms with Gasteiger partial charge in [0.2, 0.25) is 0 Å². The van der Waals surface area contributed by atoms with Gasteiger partial charge in [0, 0.05) is 29.5 Å². The lowest BCUT2D eigenvalue weighted by Gasteiger charge is -2.23. The molecule has 0 aliphatic heterocycles. The summed E-state index contributed by atoms with van der Waals surface area (Å²) in [5, 5.41) is 6.66. The first-order valence-corrected chi connectivity index (χ1v) is 6.11. The van der Waals surface area contributed by atoms with Crippen LogP contribution < -0.4 is 5.32 Å². The van der Waals surface area contributed by atoms with Crippen molar-refractivity contribution in [1.29, 1.82) is 0 Å². The zero-order chi connectivity index (χ0) is 11.6. The Morgan fingerprint density at radius 2 is 2.31 bits per heavy atom. The molecule has 2 heterocycles. The van der Waals surface area contributed by atoms with Gasteiger partial charge in [-0.15, -0.1) is 11.3 Å². The maximum Gasteiger partial charge on any atom is 0.112 e. The van der Waals surface area contributed by atoms with Crippen LogP contribution >= 0.6 is 11.3 Å². The number of hydrogen-bond donors (Lipinski definition) is 2. The molecule has 2 aromatic rings. The Labute approximate surface area is 99.2 Å². The minimum Gasteiger partial charge on any atom is -0.347 e. The summed E-state index contributed by atoms with van der Waals surface area (Å²) >= 11 is 1.69. The Bertz CT molecular complexity index is 444. The predicted molar refractivity (Wildman–Crippen MR) is 65.3 cm³/mol. The molecule has 0 amide bonds. The van der Waals surface area contributed by atoms with Crippen molar-refractivity contribution in [3.63, 3.8) is 0 Å². The molecule has 0 saturated carbocycles. The van der Waals surface area contributed by atoms with Crippen molar-refractivity contribution in [3.05, 3.63) is 34.3 Å². The highest BCUT2D eigenvalue weighted by Crippen LogP contribution is 2.23. The summed E-state index contributed by atoms with van der Waals surface area (Å²) < 4.78 is 0. The first kappa shape index (κ1) is 11.3. The molecule has 0 atom stereocenters. The summed E-state index contributed by atoms with van der Waals surface area (Å²) in [5.74, 6) is 0. The smallest absolute Gasteiger partial charge is 0.112 e. The summed E-state index contributed by atoms with van der Waals surface area (Å²) in [6, 6.07) is 0. The van der Waals surface area contributed by atoms with Crippen LogP contribution in [0.25, 0.3) is 0 Å². The van der Waals surface area contributed by atoms with Gasteiger partial charge in [-0.2, -0.15) is 0 Å². The monoisotopic (exact) mass is 236 g/mol. The zero-order valence-electron chi connectivity index (χ0n) is 9.74. The van der Waals surface area contributed by atoms with E-state index in [1.807, 2.05) is 13.1 Å². The van der Waals surface area contributed by atoms with E-state index in [1.54, 1.807) is 17.7 Å². The second-order valence-electron chi connectivity index (χ2n) is 4.35. The number of nitrogens with zero attached hydrogens (tertiary/aromatic N) is 2. The maximum atomic E-state index is 4.51. The fraction of sp³-hybridized carbons (Fsp3) is 0.455. The van der Waals surface area contributed by atoms with Crippen molar-refractivity contribution < 1.29 is 0 Å². The molecule has 0 radical (unpaired) electrons. The van der Waals surface area contributed by atoms with Crippen LogP contribution in [0.1, 0.15) is 30.2 Å². The van der Waals surface area contributed by atoms with Crippen LogP contribution in [0.2, 0.25) is 0 Å². The third-order valence-corrected chi connectivity index (χ3v) is 3.71. The van der Waals surface area contributed by atoms with Crippen LogP contribution in [-0.2, 0) is 12.1 Å². The van der Waals surface area contributed by atoms with Gasteiger partial charge in [0.05, 0.1) is 11.9 Å². The average Bonchev–Trinajstić information content (AvgIpc) is 2.85. The van der Waals surface area contributed by atoms with Gasteiger partial charge in [0.1, 0.15) is 5.01 Å². The number of aromatic nitrogens is 3. The van der Waals surface area contributed by atoms with Crippen molar-refractivity contribution in [3.8, 4) is 0 Å². The van der Waals surface area contributed by atoms with E-state index in [0.717, 1.165) is 22.9 Å². The molecular weight excluding hydrogens is 220 g/mol. The van der Waals surface area contributed by atoms with Gasteiger partial charge >= 0.3 is 0 Å². The van der Waals surface area contributed by atoms with Crippen LogP contribution in [0.4, 0.5) is 0 Å². The van der Waals surface area contributed by atoms with E-state index in [9.17, 15) is 0 Å². The van der Waals surface area contributed by atoms with Crippen molar-refractivity contribution in [2.75, 3.05) is 0 Å². The van der Waals surface area contributed by atoms with Gasteiger partial charge in [0.25, 0.3) is 0 Å².